The molecule has 1 aromatic rings. The van der Waals surface area contributed by atoms with Gasteiger partial charge in [-0.1, -0.05) is 114 Å². The van der Waals surface area contributed by atoms with Gasteiger partial charge < -0.3 is 23.1 Å². The van der Waals surface area contributed by atoms with Crippen LogP contribution in [0.1, 0.15) is 102 Å². The zero-order chi connectivity index (χ0) is 39.9. The summed E-state index contributed by atoms with van der Waals surface area (Å²) < 4.78 is 34.4. The van der Waals surface area contributed by atoms with Crippen molar-refractivity contribution >= 4 is 45.2 Å². The van der Waals surface area contributed by atoms with Crippen molar-refractivity contribution in [3.8, 4) is 5.75 Å². The molecule has 0 aliphatic carbocycles. The van der Waals surface area contributed by atoms with E-state index >= 15 is 0 Å². The first-order valence-electron chi connectivity index (χ1n) is 19.6. The lowest BCUT2D eigenvalue weighted by molar-refractivity contribution is -0.138. The first kappa shape index (κ1) is 48.8. The highest BCUT2D eigenvalue weighted by Crippen LogP contribution is 2.43. The van der Waals surface area contributed by atoms with E-state index in [9.17, 15) is 4.79 Å². The molecule has 0 aromatic heterocycles. The van der Waals surface area contributed by atoms with Gasteiger partial charge in [-0.2, -0.15) is 0 Å². The number of carbonyl (C=O) groups is 1. The van der Waals surface area contributed by atoms with Gasteiger partial charge in [0.25, 0.3) is 0 Å². The number of methoxy groups -OCH3 is 1. The normalized spacial score (nSPS) is 17.3. The summed E-state index contributed by atoms with van der Waals surface area (Å²) in [6, 6.07) is 11.3. The van der Waals surface area contributed by atoms with Crippen LogP contribution in [-0.2, 0) is 29.7 Å². The molecule has 1 aromatic carbocycles. The second-order valence-corrected chi connectivity index (χ2v) is 26.6. The Morgan fingerprint density at radius 3 is 1.96 bits per heavy atom. The number of carbonyl (C=O) groups excluding carboxylic acids is 1. The second-order valence-electron chi connectivity index (χ2n) is 16.5. The van der Waals surface area contributed by atoms with Gasteiger partial charge in [0.05, 0.1) is 39.1 Å². The minimum atomic E-state index is -2.17. The Hall–Kier alpha value is -1.25. The van der Waals surface area contributed by atoms with Gasteiger partial charge in [0.1, 0.15) is 5.75 Å². The Morgan fingerprint density at radius 2 is 1.48 bits per heavy atom. The summed E-state index contributed by atoms with van der Waals surface area (Å²) in [4.78, 5) is 12.5. The first-order chi connectivity index (χ1) is 24.2. The third kappa shape index (κ3) is 15.1. The van der Waals surface area contributed by atoms with E-state index in [0.29, 0.717) is 25.4 Å². The molecule has 0 fully saturated rings. The summed E-state index contributed by atoms with van der Waals surface area (Å²) in [5.74, 6) is 1.20. The molecular formula is C43H75IO6Si2. The van der Waals surface area contributed by atoms with Crippen LogP contribution in [0.4, 0.5) is 0 Å². The third-order valence-corrected chi connectivity index (χ3v) is 21.5. The summed E-state index contributed by atoms with van der Waals surface area (Å²) in [5.41, 5.74) is 4.13. The molecule has 6 nitrogen and oxygen atoms in total. The molecule has 1 rings (SSSR count). The molecule has 0 bridgehead atoms. The van der Waals surface area contributed by atoms with Crippen LogP contribution in [0.2, 0.25) is 36.3 Å². The molecule has 0 spiro atoms. The fourth-order valence-corrected chi connectivity index (χ4v) is 11.5. The summed E-state index contributed by atoms with van der Waals surface area (Å²) >= 11 is 2.39. The molecule has 0 unspecified atom stereocenters. The molecule has 0 N–H and O–H groups in total. The van der Waals surface area contributed by atoms with Gasteiger partial charge in [-0.15, -0.1) is 0 Å². The van der Waals surface area contributed by atoms with Crippen molar-refractivity contribution in [1.29, 1.82) is 0 Å². The van der Waals surface area contributed by atoms with Gasteiger partial charge in [0.15, 0.2) is 16.6 Å². The molecule has 0 aliphatic rings. The molecule has 298 valence electrons. The molecule has 0 amide bonds. The standard InChI is InChI=1S/C43H75IO6Si2/c1-17-48-42(45)34(8)26-31(5)25-33(7)41(50-52(18-2,19-3)20-4)39(27-32(6)28-44)36(10)40(49-51(15,16)43(11,12)13)35(9)29-47-30-37-21-23-38(46-14)24-22-37/h21-26,28,33,35-36,39-41H,17-20,27,29-30H2,1-16H3/b31-25+,32-28-,34-26+/t33-,35+,36-,39-,40+,41+/m0/s1. The number of rotatable bonds is 23. The highest BCUT2D eigenvalue weighted by atomic mass is 127. The maximum absolute atomic E-state index is 12.5. The molecule has 0 aliphatic heterocycles. The minimum Gasteiger partial charge on any atom is -0.497 e. The van der Waals surface area contributed by atoms with Crippen molar-refractivity contribution in [2.45, 2.75) is 152 Å². The van der Waals surface area contributed by atoms with E-state index in [4.69, 9.17) is 23.1 Å². The van der Waals surface area contributed by atoms with E-state index in [2.05, 4.69) is 134 Å². The summed E-state index contributed by atoms with van der Waals surface area (Å²) in [7, 11) is -2.52. The van der Waals surface area contributed by atoms with Crippen molar-refractivity contribution in [3.05, 3.63) is 62.8 Å². The number of halogens is 1. The van der Waals surface area contributed by atoms with Crippen molar-refractivity contribution in [2.24, 2.45) is 23.7 Å². The Balaban J connectivity index is 3.80. The van der Waals surface area contributed by atoms with Gasteiger partial charge in [-0.05, 0) is 116 Å². The summed E-state index contributed by atoms with van der Waals surface area (Å²) in [6.45, 7) is 35.2. The van der Waals surface area contributed by atoms with Crippen LogP contribution in [0.15, 0.2) is 57.2 Å². The monoisotopic (exact) mass is 870 g/mol. The molecule has 0 heterocycles. The smallest absolute Gasteiger partial charge is 0.333 e. The Bertz CT molecular complexity index is 1290. The third-order valence-electron chi connectivity index (χ3n) is 11.4. The van der Waals surface area contributed by atoms with Crippen LogP contribution in [0.5, 0.6) is 5.75 Å². The predicted octanol–water partition coefficient (Wildman–Crippen LogP) is 12.7. The van der Waals surface area contributed by atoms with Crippen molar-refractivity contribution in [3.63, 3.8) is 0 Å². The van der Waals surface area contributed by atoms with Crippen LogP contribution in [0.25, 0.3) is 0 Å². The Morgan fingerprint density at radius 1 is 0.904 bits per heavy atom. The quantitative estimate of drug-likeness (QED) is 0.0359. The van der Waals surface area contributed by atoms with E-state index in [1.807, 2.05) is 32.1 Å². The molecule has 0 saturated heterocycles. The van der Waals surface area contributed by atoms with Crippen molar-refractivity contribution in [2.75, 3.05) is 20.3 Å². The van der Waals surface area contributed by atoms with Crippen LogP contribution in [0.3, 0.4) is 0 Å². The van der Waals surface area contributed by atoms with E-state index in [-0.39, 0.29) is 46.9 Å². The van der Waals surface area contributed by atoms with E-state index in [1.54, 1.807) is 7.11 Å². The molecule has 6 atom stereocenters. The van der Waals surface area contributed by atoms with Crippen LogP contribution in [-0.4, -0.2) is 55.1 Å². The molecular weight excluding hydrogens is 796 g/mol. The average molecular weight is 871 g/mol. The molecule has 0 saturated carbocycles. The fraction of sp³-hybridized carbons (Fsp3) is 0.698. The fourth-order valence-electron chi connectivity index (χ4n) is 6.78. The molecule has 0 radical (unpaired) electrons. The number of hydrogen-bond donors (Lipinski definition) is 0. The first-order valence-corrected chi connectivity index (χ1v) is 26.3. The van der Waals surface area contributed by atoms with E-state index in [0.717, 1.165) is 41.4 Å². The van der Waals surface area contributed by atoms with Gasteiger partial charge in [0.2, 0.25) is 0 Å². The zero-order valence-corrected chi connectivity index (χ0v) is 39.9. The predicted molar refractivity (Wildman–Crippen MR) is 234 cm³/mol. The second kappa shape index (κ2) is 23.0. The Kier molecular flexibility index (Phi) is 21.5. The highest BCUT2D eigenvalue weighted by molar-refractivity contribution is 14.1. The summed E-state index contributed by atoms with van der Waals surface area (Å²) in [5, 5.41) is 0.0586. The van der Waals surface area contributed by atoms with Crippen LogP contribution < -0.4 is 4.74 Å². The topological polar surface area (TPSA) is 63.2 Å². The summed E-state index contributed by atoms with van der Waals surface area (Å²) in [6.07, 6.45) is 5.12. The number of ether oxygens (including phenoxy) is 3. The minimum absolute atomic E-state index is 0.0287. The maximum atomic E-state index is 12.5. The number of benzene rings is 1. The largest absolute Gasteiger partial charge is 0.497 e. The number of allylic oxidation sites excluding steroid dienone is 3. The molecule has 9 heteroatoms. The van der Waals surface area contributed by atoms with Crippen molar-refractivity contribution < 1.29 is 27.9 Å². The average Bonchev–Trinajstić information content (AvgIpc) is 3.09. The molecule has 52 heavy (non-hydrogen) atoms. The van der Waals surface area contributed by atoms with Crippen LogP contribution in [0, 0.1) is 23.7 Å². The lowest BCUT2D eigenvalue weighted by Crippen LogP contribution is -2.52. The van der Waals surface area contributed by atoms with E-state index in [1.165, 1.54) is 5.57 Å². The number of esters is 1. The Labute approximate surface area is 335 Å². The van der Waals surface area contributed by atoms with E-state index < -0.39 is 16.6 Å². The maximum Gasteiger partial charge on any atom is 0.333 e. The zero-order valence-electron chi connectivity index (χ0n) is 35.8. The van der Waals surface area contributed by atoms with Gasteiger partial charge >= 0.3 is 5.97 Å². The van der Waals surface area contributed by atoms with Crippen LogP contribution >= 0.6 is 22.6 Å². The van der Waals surface area contributed by atoms with Gasteiger partial charge in [-0.3, -0.25) is 0 Å². The lowest BCUT2D eigenvalue weighted by Gasteiger charge is -2.47. The lowest BCUT2D eigenvalue weighted by atomic mass is 9.74. The number of hydrogen-bond acceptors (Lipinski definition) is 6. The van der Waals surface area contributed by atoms with Crippen molar-refractivity contribution in [1.82, 2.24) is 0 Å². The van der Waals surface area contributed by atoms with Gasteiger partial charge in [-0.25, -0.2) is 4.79 Å². The SMILES string of the molecule is CCOC(=O)/C(C)=C/C(C)=C/[C@H](C)[C@@H](O[Si](CC)(CC)CC)[C@@H](C/C(C)=C\I)[C@H](C)[C@H](O[Si](C)(C)C(C)(C)C)[C@H](C)COCc1ccc(OC)cc1. The van der Waals surface area contributed by atoms with Gasteiger partial charge in [0, 0.05) is 11.5 Å². The highest BCUT2D eigenvalue weighted by Gasteiger charge is 2.46.